The Bertz CT molecular complexity index is 872. The summed E-state index contributed by atoms with van der Waals surface area (Å²) >= 11 is 5.99. The van der Waals surface area contributed by atoms with Crippen molar-refractivity contribution in [3.63, 3.8) is 0 Å². The first-order valence-electron chi connectivity index (χ1n) is 9.27. The monoisotopic (exact) mass is 374 g/mol. The molecule has 138 valence electrons. The number of nitrogens with zero attached hydrogens (tertiary/aromatic N) is 5. The summed E-state index contributed by atoms with van der Waals surface area (Å²) in [6.45, 7) is 1.97. The van der Waals surface area contributed by atoms with Gasteiger partial charge in [0, 0.05) is 7.05 Å². The highest BCUT2D eigenvalue weighted by atomic mass is 35.5. The third-order valence-electron chi connectivity index (χ3n) is 6.95. The minimum atomic E-state index is -0.329. The predicted octanol–water partition coefficient (Wildman–Crippen LogP) is 2.91. The van der Waals surface area contributed by atoms with Gasteiger partial charge in [0.15, 0.2) is 0 Å². The lowest BCUT2D eigenvalue weighted by Gasteiger charge is -2.60. The van der Waals surface area contributed by atoms with Crippen molar-refractivity contribution in [3.8, 4) is 0 Å². The second-order valence-corrected chi connectivity index (χ2v) is 8.98. The first-order chi connectivity index (χ1) is 12.4. The molecule has 4 fully saturated rings. The maximum absolute atomic E-state index is 13.4. The van der Waals surface area contributed by atoms with Crippen molar-refractivity contribution in [3.05, 3.63) is 23.5 Å². The van der Waals surface area contributed by atoms with Crippen LogP contribution in [0.5, 0.6) is 0 Å². The summed E-state index contributed by atoms with van der Waals surface area (Å²) in [5.74, 6) is 1.28. The number of aryl methyl sites for hydroxylation is 1. The molecule has 0 saturated heterocycles. The Labute approximate surface area is 157 Å². The molecule has 2 unspecified atom stereocenters. The van der Waals surface area contributed by atoms with Gasteiger partial charge in [-0.05, 0) is 68.9 Å². The first kappa shape index (κ1) is 16.3. The lowest BCUT2D eigenvalue weighted by atomic mass is 9.46. The Hall–Kier alpha value is -1.89. The molecule has 1 amide bonds. The van der Waals surface area contributed by atoms with Gasteiger partial charge in [-0.15, -0.1) is 5.10 Å². The topological polar surface area (TPSA) is 77.6 Å². The van der Waals surface area contributed by atoms with Crippen LogP contribution in [0.15, 0.2) is 12.5 Å². The number of amides is 1. The van der Waals surface area contributed by atoms with Crippen LogP contribution < -0.4 is 5.32 Å². The second kappa shape index (κ2) is 5.31. The Morgan fingerprint density at radius 3 is 2.62 bits per heavy atom. The van der Waals surface area contributed by atoms with Gasteiger partial charge >= 0.3 is 0 Å². The summed E-state index contributed by atoms with van der Waals surface area (Å²) in [5, 5.41) is 12.1. The normalized spacial score (nSPS) is 35.0. The number of rotatable bonds is 3. The summed E-state index contributed by atoms with van der Waals surface area (Å²) in [6, 6.07) is 0. The van der Waals surface area contributed by atoms with Crippen molar-refractivity contribution < 1.29 is 4.79 Å². The largest absolute Gasteiger partial charge is 0.323 e. The minimum absolute atomic E-state index is 0.119. The van der Waals surface area contributed by atoms with Crippen LogP contribution in [0, 0.1) is 24.2 Å². The average molecular weight is 375 g/mol. The highest BCUT2D eigenvalue weighted by Crippen LogP contribution is 2.64. The van der Waals surface area contributed by atoms with Crippen molar-refractivity contribution in [1.82, 2.24) is 24.5 Å². The molecule has 4 aliphatic carbocycles. The SMILES string of the molecule is Cc1c(NC(=O)C23CC4CC(C2)CC(n2cnc(Cl)n2)(C4)C3)cnn1C. The molecule has 2 atom stereocenters. The van der Waals surface area contributed by atoms with Crippen LogP contribution in [0.25, 0.3) is 0 Å². The molecule has 4 aliphatic rings. The van der Waals surface area contributed by atoms with E-state index in [1.54, 1.807) is 17.2 Å². The number of anilines is 1. The molecule has 0 radical (unpaired) electrons. The van der Waals surface area contributed by atoms with Crippen LogP contribution >= 0.6 is 11.6 Å². The summed E-state index contributed by atoms with van der Waals surface area (Å²) in [6.07, 6.45) is 9.61. The van der Waals surface area contributed by atoms with E-state index in [-0.39, 0.29) is 22.1 Å². The van der Waals surface area contributed by atoms with E-state index >= 15 is 0 Å². The molecule has 2 aromatic rings. The van der Waals surface area contributed by atoms with Gasteiger partial charge in [0.05, 0.1) is 28.5 Å². The van der Waals surface area contributed by atoms with E-state index in [2.05, 4.69) is 20.5 Å². The van der Waals surface area contributed by atoms with Gasteiger partial charge in [-0.3, -0.25) is 9.48 Å². The van der Waals surface area contributed by atoms with E-state index in [1.807, 2.05) is 18.7 Å². The molecule has 4 saturated carbocycles. The standard InChI is InChI=1S/C18H23ClN6O/c1-11-14(8-21-24(11)2)22-15(26)17-4-12-3-13(5-17)7-18(6-12,9-17)25-10-20-16(19)23-25/h8,10,12-13H,3-7,9H2,1-2H3,(H,22,26). The first-order valence-corrected chi connectivity index (χ1v) is 9.65. The van der Waals surface area contributed by atoms with Gasteiger partial charge in [-0.1, -0.05) is 0 Å². The molecule has 0 aliphatic heterocycles. The Morgan fingerprint density at radius 1 is 1.31 bits per heavy atom. The van der Waals surface area contributed by atoms with E-state index in [0.29, 0.717) is 11.8 Å². The minimum Gasteiger partial charge on any atom is -0.323 e. The van der Waals surface area contributed by atoms with E-state index < -0.39 is 0 Å². The number of hydrogen-bond donors (Lipinski definition) is 1. The van der Waals surface area contributed by atoms with Crippen LogP contribution in [-0.2, 0) is 17.4 Å². The molecular weight excluding hydrogens is 352 g/mol. The Morgan fingerprint density at radius 2 is 2.04 bits per heavy atom. The van der Waals surface area contributed by atoms with Crippen LogP contribution in [0.3, 0.4) is 0 Å². The van der Waals surface area contributed by atoms with Gasteiger partial charge < -0.3 is 5.32 Å². The number of aromatic nitrogens is 5. The van der Waals surface area contributed by atoms with Gasteiger partial charge in [-0.25, -0.2) is 9.67 Å². The zero-order valence-corrected chi connectivity index (χ0v) is 15.8. The fraction of sp³-hybridized carbons (Fsp3) is 0.667. The molecule has 4 bridgehead atoms. The van der Waals surface area contributed by atoms with Crippen LogP contribution in [0.2, 0.25) is 5.28 Å². The molecule has 2 heterocycles. The van der Waals surface area contributed by atoms with Gasteiger partial charge in [0.2, 0.25) is 11.2 Å². The van der Waals surface area contributed by atoms with Gasteiger partial charge in [-0.2, -0.15) is 5.10 Å². The number of carbonyl (C=O) groups excluding carboxylic acids is 1. The Balaban J connectivity index is 1.48. The van der Waals surface area contributed by atoms with E-state index in [9.17, 15) is 4.79 Å². The van der Waals surface area contributed by atoms with E-state index in [4.69, 9.17) is 11.6 Å². The fourth-order valence-corrected chi connectivity index (χ4v) is 6.22. The quantitative estimate of drug-likeness (QED) is 0.896. The molecule has 0 aromatic carbocycles. The maximum Gasteiger partial charge on any atom is 0.242 e. The van der Waals surface area contributed by atoms with Crippen molar-refractivity contribution in [1.29, 1.82) is 0 Å². The average Bonchev–Trinajstić information content (AvgIpc) is 3.15. The molecule has 1 N–H and O–H groups in total. The number of hydrogen-bond acceptors (Lipinski definition) is 4. The summed E-state index contributed by atoms with van der Waals surface area (Å²) in [5.41, 5.74) is 1.34. The van der Waals surface area contributed by atoms with Crippen LogP contribution in [0.4, 0.5) is 5.69 Å². The third-order valence-corrected chi connectivity index (χ3v) is 7.12. The Kier molecular flexibility index (Phi) is 3.33. The van der Waals surface area contributed by atoms with E-state index in [0.717, 1.165) is 43.5 Å². The maximum atomic E-state index is 13.4. The van der Waals surface area contributed by atoms with Crippen molar-refractivity contribution in [2.45, 2.75) is 51.0 Å². The lowest BCUT2D eigenvalue weighted by molar-refractivity contribution is -0.150. The van der Waals surface area contributed by atoms with Crippen molar-refractivity contribution in [2.24, 2.45) is 24.3 Å². The molecule has 26 heavy (non-hydrogen) atoms. The highest BCUT2D eigenvalue weighted by Gasteiger charge is 2.61. The molecular formula is C18H23ClN6O. The zero-order valence-electron chi connectivity index (χ0n) is 15.1. The molecule has 7 nitrogen and oxygen atoms in total. The zero-order chi connectivity index (χ0) is 18.1. The highest BCUT2D eigenvalue weighted by molar-refractivity contribution is 6.28. The summed E-state index contributed by atoms with van der Waals surface area (Å²) < 4.78 is 3.73. The molecule has 8 heteroatoms. The summed E-state index contributed by atoms with van der Waals surface area (Å²) in [7, 11) is 1.89. The number of nitrogens with one attached hydrogen (secondary N) is 1. The number of carbonyl (C=O) groups is 1. The smallest absolute Gasteiger partial charge is 0.242 e. The molecule has 0 spiro atoms. The lowest BCUT2D eigenvalue weighted by Crippen LogP contribution is -2.60. The predicted molar refractivity (Wildman–Crippen MR) is 96.7 cm³/mol. The van der Waals surface area contributed by atoms with E-state index in [1.165, 1.54) is 6.42 Å². The second-order valence-electron chi connectivity index (χ2n) is 8.65. The molecule has 6 rings (SSSR count). The van der Waals surface area contributed by atoms with Crippen LogP contribution in [-0.4, -0.2) is 30.5 Å². The van der Waals surface area contributed by atoms with Crippen LogP contribution in [0.1, 0.15) is 44.2 Å². The third kappa shape index (κ3) is 2.25. The molecule has 2 aromatic heterocycles. The number of halogens is 1. The van der Waals surface area contributed by atoms with Gasteiger partial charge in [0.25, 0.3) is 0 Å². The van der Waals surface area contributed by atoms with Gasteiger partial charge in [0.1, 0.15) is 6.33 Å². The van der Waals surface area contributed by atoms with Crippen molar-refractivity contribution >= 4 is 23.2 Å². The van der Waals surface area contributed by atoms with Crippen molar-refractivity contribution in [2.75, 3.05) is 5.32 Å². The summed E-state index contributed by atoms with van der Waals surface area (Å²) in [4.78, 5) is 17.5. The fourth-order valence-electron chi connectivity index (χ4n) is 6.10.